The molecule has 1 aliphatic rings. The molecule has 0 bridgehead atoms. The van der Waals surface area contributed by atoms with Crippen molar-refractivity contribution in [1.29, 1.82) is 0 Å². The van der Waals surface area contributed by atoms with Gasteiger partial charge in [-0.25, -0.2) is 14.2 Å². The van der Waals surface area contributed by atoms with E-state index < -0.39 is 23.6 Å². The molecule has 2 atom stereocenters. The Hall–Kier alpha value is -2.56. The number of morpholine rings is 1. The number of carbonyl (C=O) groups is 1. The number of hydrogen-bond donors (Lipinski definition) is 2. The average Bonchev–Trinajstić information content (AvgIpc) is 2.70. The lowest BCUT2D eigenvalue weighted by molar-refractivity contribution is -0.0592. The Kier molecular flexibility index (Phi) is 6.93. The number of carboxylic acid groups (broad SMARTS) is 1. The summed E-state index contributed by atoms with van der Waals surface area (Å²) in [6, 6.07) is 3.29. The third-order valence-corrected chi connectivity index (χ3v) is 5.30. The first-order valence-corrected chi connectivity index (χ1v) is 10.1. The van der Waals surface area contributed by atoms with E-state index in [-0.39, 0.29) is 30.3 Å². The minimum Gasteiger partial charge on any atom is -0.481 e. The van der Waals surface area contributed by atoms with Crippen LogP contribution in [0.2, 0.25) is 0 Å². The van der Waals surface area contributed by atoms with Gasteiger partial charge in [0.2, 0.25) is 5.88 Å². The standard InChI is InChI=1S/C21H29FN4O5/c1-21(2,3)26(20(28)29)11-13-10-25(7-8-31-13)12-16(27)18-14(22)9-23-15-5-6-17(30-4)24-19(15)18/h5-6,9,13,16,27H,7-8,10-12H2,1-4H3,(H,28,29). The molecular formula is C21H29FN4O5. The van der Waals surface area contributed by atoms with Crippen LogP contribution >= 0.6 is 0 Å². The molecule has 31 heavy (non-hydrogen) atoms. The molecule has 1 amide bonds. The largest absolute Gasteiger partial charge is 0.481 e. The monoisotopic (exact) mass is 436 g/mol. The van der Waals surface area contributed by atoms with Crippen LogP contribution in [0.1, 0.15) is 32.4 Å². The number of fused-ring (bicyclic) bond motifs is 1. The van der Waals surface area contributed by atoms with Gasteiger partial charge in [0.05, 0.1) is 44.2 Å². The molecular weight excluding hydrogens is 407 g/mol. The Morgan fingerprint density at radius 2 is 2.19 bits per heavy atom. The third-order valence-electron chi connectivity index (χ3n) is 5.30. The number of methoxy groups -OCH3 is 1. The molecule has 1 aliphatic heterocycles. The zero-order chi connectivity index (χ0) is 22.8. The van der Waals surface area contributed by atoms with Crippen molar-refractivity contribution in [2.75, 3.05) is 39.9 Å². The summed E-state index contributed by atoms with van der Waals surface area (Å²) in [6.45, 7) is 7.17. The predicted octanol–water partition coefficient (Wildman–Crippen LogP) is 2.29. The van der Waals surface area contributed by atoms with Crippen molar-refractivity contribution in [3.8, 4) is 5.88 Å². The lowest BCUT2D eigenvalue weighted by atomic mass is 10.0. The van der Waals surface area contributed by atoms with Gasteiger partial charge in [-0.15, -0.1) is 0 Å². The third kappa shape index (κ3) is 5.38. The number of pyridine rings is 2. The van der Waals surface area contributed by atoms with Crippen molar-refractivity contribution in [2.24, 2.45) is 0 Å². The van der Waals surface area contributed by atoms with Crippen LogP contribution in [0.15, 0.2) is 18.3 Å². The second-order valence-electron chi connectivity index (χ2n) is 8.57. The lowest BCUT2D eigenvalue weighted by Gasteiger charge is -2.39. The SMILES string of the molecule is COc1ccc2ncc(F)c(C(O)CN3CCOC(CN(C(=O)O)C(C)(C)C)C3)c2n1. The van der Waals surface area contributed by atoms with Crippen LogP contribution in [0, 0.1) is 5.82 Å². The predicted molar refractivity (Wildman–Crippen MR) is 112 cm³/mol. The Morgan fingerprint density at radius 1 is 1.45 bits per heavy atom. The highest BCUT2D eigenvalue weighted by Gasteiger charge is 2.32. The Morgan fingerprint density at radius 3 is 2.84 bits per heavy atom. The molecule has 170 valence electrons. The number of β-amino-alcohol motifs (C(OH)–C–C–N with tert-alkyl or cyclic N) is 1. The molecule has 1 saturated heterocycles. The maximum absolute atomic E-state index is 14.6. The molecule has 3 heterocycles. The number of hydrogen-bond acceptors (Lipinski definition) is 7. The minimum atomic E-state index is -1.15. The molecule has 0 aromatic carbocycles. The maximum Gasteiger partial charge on any atom is 0.407 e. The van der Waals surface area contributed by atoms with E-state index in [4.69, 9.17) is 9.47 Å². The number of halogens is 1. The van der Waals surface area contributed by atoms with Crippen molar-refractivity contribution >= 4 is 17.1 Å². The quantitative estimate of drug-likeness (QED) is 0.710. The Bertz CT molecular complexity index is 936. The van der Waals surface area contributed by atoms with Gasteiger partial charge in [-0.1, -0.05) is 0 Å². The summed E-state index contributed by atoms with van der Waals surface area (Å²) in [4.78, 5) is 23.2. The van der Waals surface area contributed by atoms with Gasteiger partial charge in [0.15, 0.2) is 0 Å². The molecule has 2 aromatic heterocycles. The molecule has 10 heteroatoms. The fourth-order valence-electron chi connectivity index (χ4n) is 3.71. The van der Waals surface area contributed by atoms with Gasteiger partial charge in [0.25, 0.3) is 0 Å². The van der Waals surface area contributed by atoms with E-state index in [0.29, 0.717) is 31.1 Å². The van der Waals surface area contributed by atoms with Crippen LogP contribution in [0.25, 0.3) is 11.0 Å². The topological polar surface area (TPSA) is 108 Å². The van der Waals surface area contributed by atoms with Gasteiger partial charge in [-0.2, -0.15) is 0 Å². The number of aliphatic hydroxyl groups is 1. The zero-order valence-electron chi connectivity index (χ0n) is 18.2. The molecule has 2 aromatic rings. The van der Waals surface area contributed by atoms with Crippen LogP contribution in [-0.4, -0.2) is 87.6 Å². The Labute approximate surface area is 180 Å². The highest BCUT2D eigenvalue weighted by molar-refractivity contribution is 5.78. The smallest absolute Gasteiger partial charge is 0.407 e. The second kappa shape index (κ2) is 9.29. The van der Waals surface area contributed by atoms with Gasteiger partial charge in [0.1, 0.15) is 11.3 Å². The molecule has 0 aliphatic carbocycles. The average molecular weight is 436 g/mol. The van der Waals surface area contributed by atoms with Crippen LogP contribution < -0.4 is 4.74 Å². The van der Waals surface area contributed by atoms with E-state index in [9.17, 15) is 19.4 Å². The molecule has 9 nitrogen and oxygen atoms in total. The van der Waals surface area contributed by atoms with Gasteiger partial charge < -0.3 is 24.6 Å². The van der Waals surface area contributed by atoms with E-state index in [1.165, 1.54) is 12.0 Å². The molecule has 0 saturated carbocycles. The maximum atomic E-state index is 14.6. The first kappa shape index (κ1) is 23.1. The normalized spacial score (nSPS) is 18.7. The van der Waals surface area contributed by atoms with Gasteiger partial charge in [-0.05, 0) is 26.8 Å². The van der Waals surface area contributed by atoms with Crippen LogP contribution in [-0.2, 0) is 4.74 Å². The summed E-state index contributed by atoms with van der Waals surface area (Å²) < 4.78 is 25.5. The summed E-state index contributed by atoms with van der Waals surface area (Å²) in [6.07, 6.45) is -1.44. The molecule has 3 rings (SSSR count). The number of nitrogens with zero attached hydrogens (tertiary/aromatic N) is 4. The summed E-state index contributed by atoms with van der Waals surface area (Å²) >= 11 is 0. The number of rotatable bonds is 6. The molecule has 0 radical (unpaired) electrons. The zero-order valence-corrected chi connectivity index (χ0v) is 18.2. The highest BCUT2D eigenvalue weighted by Crippen LogP contribution is 2.27. The lowest BCUT2D eigenvalue weighted by Crippen LogP contribution is -2.54. The number of ether oxygens (including phenoxy) is 2. The molecule has 2 N–H and O–H groups in total. The van der Waals surface area contributed by atoms with Crippen LogP contribution in [0.4, 0.5) is 9.18 Å². The summed E-state index contributed by atoms with van der Waals surface area (Å²) in [5.41, 5.74) is 0.203. The van der Waals surface area contributed by atoms with Crippen molar-refractivity contribution in [3.63, 3.8) is 0 Å². The van der Waals surface area contributed by atoms with Crippen molar-refractivity contribution < 1.29 is 28.9 Å². The van der Waals surface area contributed by atoms with Crippen LogP contribution in [0.3, 0.4) is 0 Å². The minimum absolute atomic E-state index is 0.0637. The van der Waals surface area contributed by atoms with Crippen molar-refractivity contribution in [1.82, 2.24) is 19.8 Å². The fraction of sp³-hybridized carbons (Fsp3) is 0.571. The van der Waals surface area contributed by atoms with E-state index in [0.717, 1.165) is 6.20 Å². The fourth-order valence-corrected chi connectivity index (χ4v) is 3.71. The highest BCUT2D eigenvalue weighted by atomic mass is 19.1. The number of amides is 1. The second-order valence-corrected chi connectivity index (χ2v) is 8.57. The van der Waals surface area contributed by atoms with E-state index in [1.807, 2.05) is 25.7 Å². The summed E-state index contributed by atoms with van der Waals surface area (Å²) in [5.74, 6) is -0.342. The van der Waals surface area contributed by atoms with Gasteiger partial charge in [-0.3, -0.25) is 9.88 Å². The summed E-state index contributed by atoms with van der Waals surface area (Å²) in [7, 11) is 1.46. The Balaban J connectivity index is 1.75. The van der Waals surface area contributed by atoms with E-state index in [1.54, 1.807) is 12.1 Å². The van der Waals surface area contributed by atoms with E-state index in [2.05, 4.69) is 9.97 Å². The molecule has 2 unspecified atom stereocenters. The van der Waals surface area contributed by atoms with Crippen LogP contribution in [0.5, 0.6) is 5.88 Å². The first-order valence-electron chi connectivity index (χ1n) is 10.1. The van der Waals surface area contributed by atoms with Gasteiger partial charge in [0, 0.05) is 36.8 Å². The summed E-state index contributed by atoms with van der Waals surface area (Å²) in [5, 5.41) is 20.4. The molecule has 1 fully saturated rings. The van der Waals surface area contributed by atoms with Crippen molar-refractivity contribution in [2.45, 2.75) is 38.5 Å². The number of aromatic nitrogens is 2. The first-order chi connectivity index (χ1) is 14.6. The number of aliphatic hydroxyl groups excluding tert-OH is 1. The van der Waals surface area contributed by atoms with Crippen molar-refractivity contribution in [3.05, 3.63) is 29.7 Å². The molecule has 0 spiro atoms. The van der Waals surface area contributed by atoms with Gasteiger partial charge >= 0.3 is 6.09 Å². The van der Waals surface area contributed by atoms with E-state index >= 15 is 0 Å².